The molecule has 3 N–H and O–H groups in total. The molecular weight excluding hydrogens is 278 g/mol. The van der Waals surface area contributed by atoms with Crippen LogP contribution >= 0.6 is 15.6 Å². The van der Waals surface area contributed by atoms with E-state index in [2.05, 4.69) is 20.2 Å². The van der Waals surface area contributed by atoms with Gasteiger partial charge in [-0.3, -0.25) is 0 Å². The quantitative estimate of drug-likeness (QED) is 0.278. The summed E-state index contributed by atoms with van der Waals surface area (Å²) in [6.07, 6.45) is -1.54. The molecule has 0 heterocycles. The Hall–Kier alpha value is -0.530. The van der Waals surface area contributed by atoms with E-state index in [1.165, 1.54) is 6.92 Å². The van der Waals surface area contributed by atoms with Crippen LogP contribution < -0.4 is 0 Å². The molecule has 0 aromatic carbocycles. The topological polar surface area (TPSA) is 140 Å². The molecule has 0 radical (unpaired) electrons. The van der Waals surface area contributed by atoms with Gasteiger partial charge in [0.2, 0.25) is 6.29 Å². The van der Waals surface area contributed by atoms with Crippen molar-refractivity contribution in [2.75, 3.05) is 0 Å². The Kier molecular flexibility index (Phi) is 5.70. The van der Waals surface area contributed by atoms with E-state index in [1.807, 2.05) is 0 Å². The van der Waals surface area contributed by atoms with E-state index >= 15 is 0 Å². The van der Waals surface area contributed by atoms with Gasteiger partial charge in [0.1, 0.15) is 0 Å². The fourth-order valence-electron chi connectivity index (χ4n) is 0.614. The van der Waals surface area contributed by atoms with Crippen molar-refractivity contribution >= 4 is 21.6 Å². The van der Waals surface area contributed by atoms with Crippen LogP contribution in [-0.4, -0.2) is 26.9 Å². The average molecular weight is 290 g/mol. The molecule has 2 atom stereocenters. The fraction of sp³-hybridized carbons (Fsp3) is 0.500. The number of phosphoric ester groups is 1. The predicted octanol–water partition coefficient (Wildman–Crippen LogP) is 0.678. The first-order chi connectivity index (χ1) is 7.43. The fourth-order valence-corrected chi connectivity index (χ4v) is 2.26. The standard InChI is InChI=1S/C6H12O9P2/c1-4(2)6(7)13-5(3)14-17(11,12)15-16(8,9)10/h5H,1H2,2-3H3,(H,11,12)(H2,8,9,10). The molecule has 0 rings (SSSR count). The number of esters is 1. The molecule has 100 valence electrons. The highest BCUT2D eigenvalue weighted by atomic mass is 31.3. The van der Waals surface area contributed by atoms with Crippen LogP contribution in [0.15, 0.2) is 12.2 Å². The minimum absolute atomic E-state index is 0.0177. The van der Waals surface area contributed by atoms with E-state index in [-0.39, 0.29) is 5.57 Å². The molecule has 0 aromatic heterocycles. The summed E-state index contributed by atoms with van der Waals surface area (Å²) in [7, 11) is -10.2. The van der Waals surface area contributed by atoms with Gasteiger partial charge in [-0.15, -0.1) is 0 Å². The Bertz CT molecular complexity index is 396. The van der Waals surface area contributed by atoms with E-state index in [1.54, 1.807) is 0 Å². The Balaban J connectivity index is 4.43. The zero-order valence-corrected chi connectivity index (χ0v) is 10.8. The number of carbonyl (C=O) groups is 1. The van der Waals surface area contributed by atoms with Crippen molar-refractivity contribution in [1.82, 2.24) is 0 Å². The molecule has 0 fully saturated rings. The SMILES string of the molecule is C=C(C)C(=O)OC(C)OP(=O)(O)OP(=O)(O)O. The van der Waals surface area contributed by atoms with Gasteiger partial charge in [0, 0.05) is 5.57 Å². The van der Waals surface area contributed by atoms with Gasteiger partial charge < -0.3 is 19.4 Å². The maximum atomic E-state index is 11.0. The third kappa shape index (κ3) is 8.23. The smallest absolute Gasteiger partial charge is 0.432 e. The van der Waals surface area contributed by atoms with Crippen LogP contribution in [0.25, 0.3) is 0 Å². The van der Waals surface area contributed by atoms with Gasteiger partial charge in [0.15, 0.2) is 0 Å². The molecule has 2 unspecified atom stereocenters. The van der Waals surface area contributed by atoms with Crippen molar-refractivity contribution in [3.05, 3.63) is 12.2 Å². The van der Waals surface area contributed by atoms with Crippen LogP contribution in [0.2, 0.25) is 0 Å². The molecule has 0 amide bonds. The Morgan fingerprint density at radius 2 is 1.76 bits per heavy atom. The lowest BCUT2D eigenvalue weighted by molar-refractivity contribution is -0.157. The van der Waals surface area contributed by atoms with Crippen molar-refractivity contribution in [2.45, 2.75) is 20.1 Å². The number of hydrogen-bond donors (Lipinski definition) is 3. The van der Waals surface area contributed by atoms with Crippen LogP contribution in [0, 0.1) is 0 Å². The summed E-state index contributed by atoms with van der Waals surface area (Å²) in [4.78, 5) is 36.4. The molecule has 0 aliphatic rings. The van der Waals surface area contributed by atoms with Gasteiger partial charge in [-0.1, -0.05) is 6.58 Å². The van der Waals surface area contributed by atoms with Crippen molar-refractivity contribution < 1.29 is 42.2 Å². The normalized spacial score (nSPS) is 17.0. The molecule has 0 spiro atoms. The van der Waals surface area contributed by atoms with E-state index in [4.69, 9.17) is 14.7 Å². The van der Waals surface area contributed by atoms with Crippen LogP contribution in [-0.2, 0) is 27.5 Å². The maximum Gasteiger partial charge on any atom is 0.484 e. The van der Waals surface area contributed by atoms with E-state index in [0.29, 0.717) is 0 Å². The highest BCUT2D eigenvalue weighted by Gasteiger charge is 2.34. The van der Waals surface area contributed by atoms with E-state index < -0.39 is 27.9 Å². The van der Waals surface area contributed by atoms with Crippen molar-refractivity contribution in [2.24, 2.45) is 0 Å². The number of carbonyl (C=O) groups excluding carboxylic acids is 1. The number of hydrogen-bond acceptors (Lipinski definition) is 6. The Morgan fingerprint density at radius 1 is 1.29 bits per heavy atom. The second-order valence-corrected chi connectivity index (χ2v) is 5.68. The average Bonchev–Trinajstić information content (AvgIpc) is 1.96. The molecular formula is C6H12O9P2. The second kappa shape index (κ2) is 5.88. The largest absolute Gasteiger partial charge is 0.484 e. The molecule has 11 heteroatoms. The maximum absolute atomic E-state index is 11.0. The van der Waals surface area contributed by atoms with Gasteiger partial charge in [0.25, 0.3) is 0 Å². The summed E-state index contributed by atoms with van der Waals surface area (Å²) in [5.41, 5.74) is 0.0177. The summed E-state index contributed by atoms with van der Waals surface area (Å²) < 4.78 is 33.4. The first-order valence-electron chi connectivity index (χ1n) is 4.07. The van der Waals surface area contributed by atoms with Gasteiger partial charge >= 0.3 is 21.6 Å². The monoisotopic (exact) mass is 290 g/mol. The number of rotatable bonds is 6. The first kappa shape index (κ1) is 16.5. The lowest BCUT2D eigenvalue weighted by atomic mass is 10.4. The van der Waals surface area contributed by atoms with Crippen molar-refractivity contribution in [1.29, 1.82) is 0 Å². The van der Waals surface area contributed by atoms with E-state index in [0.717, 1.165) is 6.92 Å². The summed E-state index contributed by atoms with van der Waals surface area (Å²) in [5.74, 6) is -0.895. The summed E-state index contributed by atoms with van der Waals surface area (Å²) in [6.45, 7) is 5.64. The summed E-state index contributed by atoms with van der Waals surface area (Å²) in [6, 6.07) is 0. The Morgan fingerprint density at radius 3 is 2.12 bits per heavy atom. The van der Waals surface area contributed by atoms with Crippen molar-refractivity contribution in [3.63, 3.8) is 0 Å². The summed E-state index contributed by atoms with van der Waals surface area (Å²) in [5, 5.41) is 0. The molecule has 0 bridgehead atoms. The third-order valence-electron chi connectivity index (χ3n) is 1.11. The van der Waals surface area contributed by atoms with Gasteiger partial charge in [0.05, 0.1) is 0 Å². The molecule has 0 aromatic rings. The number of phosphoric acid groups is 2. The molecule has 9 nitrogen and oxygen atoms in total. The highest BCUT2D eigenvalue weighted by Crippen LogP contribution is 2.58. The second-order valence-electron chi connectivity index (χ2n) is 2.90. The molecule has 0 saturated carbocycles. The minimum atomic E-state index is -5.19. The van der Waals surface area contributed by atoms with Crippen LogP contribution in [0.3, 0.4) is 0 Å². The molecule has 17 heavy (non-hydrogen) atoms. The van der Waals surface area contributed by atoms with Crippen LogP contribution in [0.4, 0.5) is 0 Å². The van der Waals surface area contributed by atoms with Crippen molar-refractivity contribution in [3.8, 4) is 0 Å². The lowest BCUT2D eigenvalue weighted by Crippen LogP contribution is -2.17. The zero-order chi connectivity index (χ0) is 13.9. The minimum Gasteiger partial charge on any atom is -0.432 e. The Labute approximate surface area is 96.9 Å². The third-order valence-corrected chi connectivity index (χ3v) is 3.35. The number of ether oxygens (including phenoxy) is 1. The molecule has 0 aliphatic carbocycles. The van der Waals surface area contributed by atoms with Gasteiger partial charge in [-0.05, 0) is 13.8 Å². The molecule has 0 saturated heterocycles. The highest BCUT2D eigenvalue weighted by molar-refractivity contribution is 7.60. The molecule has 0 aliphatic heterocycles. The zero-order valence-electron chi connectivity index (χ0n) is 8.97. The first-order valence-corrected chi connectivity index (χ1v) is 7.10. The van der Waals surface area contributed by atoms with Gasteiger partial charge in [-0.2, -0.15) is 4.31 Å². The van der Waals surface area contributed by atoms with Crippen LogP contribution in [0.5, 0.6) is 0 Å². The van der Waals surface area contributed by atoms with E-state index in [9.17, 15) is 13.9 Å². The van der Waals surface area contributed by atoms with Gasteiger partial charge in [-0.25, -0.2) is 18.4 Å². The lowest BCUT2D eigenvalue weighted by Gasteiger charge is -2.17. The predicted molar refractivity (Wildman–Crippen MR) is 54.4 cm³/mol. The van der Waals surface area contributed by atoms with Crippen LogP contribution in [0.1, 0.15) is 13.8 Å². The summed E-state index contributed by atoms with van der Waals surface area (Å²) >= 11 is 0.